The monoisotopic (exact) mass is 457 g/mol. The Labute approximate surface area is 176 Å². The van der Waals surface area contributed by atoms with Crippen LogP contribution in [0.2, 0.25) is 0 Å². The molecule has 0 bridgehead atoms. The Morgan fingerprint density at radius 1 is 1.18 bits per heavy atom. The van der Waals surface area contributed by atoms with Crippen molar-refractivity contribution in [1.82, 2.24) is 9.88 Å². The number of nitrogens with one attached hydrogen (secondary N) is 1. The minimum Gasteiger partial charge on any atom is -0.379 e. The van der Waals surface area contributed by atoms with Crippen LogP contribution in [0.3, 0.4) is 0 Å². The van der Waals surface area contributed by atoms with Crippen LogP contribution in [0, 0.1) is 0 Å². The molecule has 7 heteroatoms. The number of halogens is 1. The molecule has 0 unspecified atom stereocenters. The molecule has 1 aliphatic heterocycles. The van der Waals surface area contributed by atoms with Crippen LogP contribution in [0.25, 0.3) is 11.3 Å². The van der Waals surface area contributed by atoms with Gasteiger partial charge in [-0.25, -0.2) is 4.98 Å². The molecule has 2 heterocycles. The molecule has 5 nitrogen and oxygen atoms in total. The minimum atomic E-state index is -0.145. The molecule has 4 rings (SSSR count). The number of morpholine rings is 1. The van der Waals surface area contributed by atoms with Crippen LogP contribution >= 0.6 is 27.3 Å². The molecule has 0 aliphatic carbocycles. The number of hydrogen-bond donors (Lipinski definition) is 1. The zero-order valence-corrected chi connectivity index (χ0v) is 17.6. The predicted molar refractivity (Wildman–Crippen MR) is 116 cm³/mol. The number of carbonyl (C=O) groups is 1. The first-order valence-corrected chi connectivity index (χ1v) is 10.8. The molecule has 0 radical (unpaired) electrons. The lowest BCUT2D eigenvalue weighted by molar-refractivity contribution is 0.0342. The number of thiazole rings is 1. The highest BCUT2D eigenvalue weighted by Gasteiger charge is 2.13. The minimum absolute atomic E-state index is 0.145. The van der Waals surface area contributed by atoms with E-state index in [1.54, 1.807) is 0 Å². The lowest BCUT2D eigenvalue weighted by atomic mass is 10.1. The summed E-state index contributed by atoms with van der Waals surface area (Å²) in [5.74, 6) is -0.145. The van der Waals surface area contributed by atoms with E-state index in [2.05, 4.69) is 31.1 Å². The third-order valence-corrected chi connectivity index (χ3v) is 5.82. The Balaban J connectivity index is 1.38. The maximum atomic E-state index is 12.5. The summed E-state index contributed by atoms with van der Waals surface area (Å²) >= 11 is 4.89. The Bertz CT molecular complexity index is 952. The van der Waals surface area contributed by atoms with Gasteiger partial charge in [-0.05, 0) is 29.8 Å². The highest BCUT2D eigenvalue weighted by Crippen LogP contribution is 2.27. The average molecular weight is 458 g/mol. The second-order valence-electron chi connectivity index (χ2n) is 6.59. The highest BCUT2D eigenvalue weighted by molar-refractivity contribution is 9.10. The molecule has 3 aromatic rings. The van der Waals surface area contributed by atoms with Crippen molar-refractivity contribution in [3.8, 4) is 11.3 Å². The molecule has 0 saturated carbocycles. The van der Waals surface area contributed by atoms with Crippen LogP contribution < -0.4 is 5.32 Å². The first-order chi connectivity index (χ1) is 13.7. The molecule has 1 fully saturated rings. The van der Waals surface area contributed by atoms with Gasteiger partial charge in [0, 0.05) is 40.6 Å². The Kier molecular flexibility index (Phi) is 6.17. The molecule has 1 aromatic heterocycles. The first kappa shape index (κ1) is 19.3. The van der Waals surface area contributed by atoms with Crippen LogP contribution in [-0.2, 0) is 11.3 Å². The highest BCUT2D eigenvalue weighted by atomic mass is 79.9. The Morgan fingerprint density at radius 3 is 2.71 bits per heavy atom. The molecular weight excluding hydrogens is 438 g/mol. The maximum absolute atomic E-state index is 12.5. The van der Waals surface area contributed by atoms with E-state index in [0.717, 1.165) is 48.6 Å². The van der Waals surface area contributed by atoms with Gasteiger partial charge in [-0.1, -0.05) is 40.2 Å². The Morgan fingerprint density at radius 2 is 1.96 bits per heavy atom. The molecular formula is C21H20BrN3O2S. The summed E-state index contributed by atoms with van der Waals surface area (Å²) in [7, 11) is 0. The van der Waals surface area contributed by atoms with E-state index in [-0.39, 0.29) is 5.91 Å². The maximum Gasteiger partial charge on any atom is 0.257 e. The number of carbonyl (C=O) groups excluding carboxylic acids is 1. The van der Waals surface area contributed by atoms with Gasteiger partial charge < -0.3 is 4.74 Å². The topological polar surface area (TPSA) is 54.5 Å². The van der Waals surface area contributed by atoms with Crippen molar-refractivity contribution >= 4 is 38.3 Å². The van der Waals surface area contributed by atoms with Crippen molar-refractivity contribution in [2.75, 3.05) is 31.6 Å². The van der Waals surface area contributed by atoms with Gasteiger partial charge in [-0.2, -0.15) is 0 Å². The van der Waals surface area contributed by atoms with Crippen molar-refractivity contribution < 1.29 is 9.53 Å². The summed E-state index contributed by atoms with van der Waals surface area (Å²) in [6, 6.07) is 15.7. The van der Waals surface area contributed by atoms with Gasteiger partial charge >= 0.3 is 0 Å². The molecule has 2 aromatic carbocycles. The number of anilines is 1. The summed E-state index contributed by atoms with van der Waals surface area (Å²) < 4.78 is 6.38. The number of ether oxygens (including phenoxy) is 1. The van der Waals surface area contributed by atoms with Gasteiger partial charge in [0.1, 0.15) is 0 Å². The second kappa shape index (κ2) is 8.96. The molecule has 28 heavy (non-hydrogen) atoms. The summed E-state index contributed by atoms with van der Waals surface area (Å²) in [6.45, 7) is 4.36. The molecule has 1 amide bonds. The van der Waals surface area contributed by atoms with Crippen molar-refractivity contribution in [2.24, 2.45) is 0 Å². The smallest absolute Gasteiger partial charge is 0.257 e. The molecule has 0 atom stereocenters. The molecule has 1 saturated heterocycles. The van der Waals surface area contributed by atoms with Crippen LogP contribution in [0.15, 0.2) is 58.4 Å². The van der Waals surface area contributed by atoms with Gasteiger partial charge in [0.15, 0.2) is 5.13 Å². The average Bonchev–Trinajstić information content (AvgIpc) is 3.18. The van der Waals surface area contributed by atoms with Gasteiger partial charge in [-0.3, -0.25) is 15.0 Å². The van der Waals surface area contributed by atoms with Crippen LogP contribution in [0.4, 0.5) is 5.13 Å². The quantitative estimate of drug-likeness (QED) is 0.605. The second-order valence-corrected chi connectivity index (χ2v) is 8.36. The van der Waals surface area contributed by atoms with Gasteiger partial charge in [-0.15, -0.1) is 11.3 Å². The third-order valence-electron chi connectivity index (χ3n) is 4.57. The van der Waals surface area contributed by atoms with E-state index in [1.807, 2.05) is 53.9 Å². The summed E-state index contributed by atoms with van der Waals surface area (Å²) in [5, 5.41) is 5.44. The number of hydrogen-bond acceptors (Lipinski definition) is 5. The van der Waals surface area contributed by atoms with Crippen LogP contribution in [-0.4, -0.2) is 42.1 Å². The van der Waals surface area contributed by atoms with Crippen molar-refractivity contribution in [3.63, 3.8) is 0 Å². The van der Waals surface area contributed by atoms with Gasteiger partial charge in [0.05, 0.1) is 18.9 Å². The third kappa shape index (κ3) is 4.86. The van der Waals surface area contributed by atoms with E-state index in [4.69, 9.17) is 4.74 Å². The fourth-order valence-electron chi connectivity index (χ4n) is 3.06. The molecule has 1 N–H and O–H groups in total. The largest absolute Gasteiger partial charge is 0.379 e. The van der Waals surface area contributed by atoms with Gasteiger partial charge in [0.2, 0.25) is 0 Å². The van der Waals surface area contributed by atoms with Crippen LogP contribution in [0.5, 0.6) is 0 Å². The normalized spacial score (nSPS) is 14.8. The van der Waals surface area contributed by atoms with E-state index >= 15 is 0 Å². The summed E-state index contributed by atoms with van der Waals surface area (Å²) in [6.07, 6.45) is 0. The van der Waals surface area contributed by atoms with Gasteiger partial charge in [0.25, 0.3) is 5.91 Å². The van der Waals surface area contributed by atoms with Crippen LogP contribution in [0.1, 0.15) is 15.9 Å². The zero-order valence-electron chi connectivity index (χ0n) is 15.2. The number of rotatable bonds is 5. The molecule has 144 valence electrons. The predicted octanol–water partition coefficient (Wildman–Crippen LogP) is 4.66. The SMILES string of the molecule is O=C(Nc1nc(-c2cccc(Br)c2)cs1)c1ccc(CN2CCOCC2)cc1. The lowest BCUT2D eigenvalue weighted by Crippen LogP contribution is -2.35. The van der Waals surface area contributed by atoms with Crippen molar-refractivity contribution in [3.05, 3.63) is 69.5 Å². The number of aromatic nitrogens is 1. The van der Waals surface area contributed by atoms with E-state index < -0.39 is 0 Å². The van der Waals surface area contributed by atoms with E-state index in [1.165, 1.54) is 16.9 Å². The van der Waals surface area contributed by atoms with Crippen molar-refractivity contribution in [1.29, 1.82) is 0 Å². The molecule has 0 spiro atoms. The Hall–Kier alpha value is -2.06. The molecule has 1 aliphatic rings. The standard InChI is InChI=1S/C21H20BrN3O2S/c22-18-3-1-2-17(12-18)19-14-28-21(23-19)24-20(26)16-6-4-15(5-7-16)13-25-8-10-27-11-9-25/h1-7,12,14H,8-11,13H2,(H,23,24,26). The fraction of sp³-hybridized carbons (Fsp3) is 0.238. The zero-order chi connectivity index (χ0) is 19.3. The van der Waals surface area contributed by atoms with E-state index in [9.17, 15) is 4.79 Å². The number of benzene rings is 2. The van der Waals surface area contributed by atoms with Crippen molar-refractivity contribution in [2.45, 2.75) is 6.54 Å². The number of nitrogens with zero attached hydrogens (tertiary/aromatic N) is 2. The lowest BCUT2D eigenvalue weighted by Gasteiger charge is -2.26. The van der Waals surface area contributed by atoms with E-state index in [0.29, 0.717) is 10.7 Å². The number of amides is 1. The summed E-state index contributed by atoms with van der Waals surface area (Å²) in [5.41, 5.74) is 3.69. The summed E-state index contributed by atoms with van der Waals surface area (Å²) in [4.78, 5) is 19.4. The first-order valence-electron chi connectivity index (χ1n) is 9.09. The fourth-order valence-corrected chi connectivity index (χ4v) is 4.17.